The molecule has 2 heterocycles. The monoisotopic (exact) mass is 319 g/mol. The number of fused-ring (bicyclic) bond motifs is 1. The van der Waals surface area contributed by atoms with Gasteiger partial charge in [-0.3, -0.25) is 4.79 Å². The number of nitrogens with zero attached hydrogens (tertiary/aromatic N) is 3. The third-order valence-electron chi connectivity index (χ3n) is 2.76. The van der Waals surface area contributed by atoms with Gasteiger partial charge in [0.1, 0.15) is 5.75 Å². The number of hydrogen-bond donors (Lipinski definition) is 1. The molecule has 3 aromatic rings. The quantitative estimate of drug-likeness (QED) is 0.788. The minimum absolute atomic E-state index is 0.189. The van der Waals surface area contributed by atoms with Crippen molar-refractivity contribution in [1.82, 2.24) is 14.6 Å². The number of hydrogen-bond acceptors (Lipinski definition) is 5. The molecule has 1 N–H and O–H groups in total. The predicted molar refractivity (Wildman–Crippen MR) is 83.7 cm³/mol. The molecule has 0 fully saturated rings. The maximum absolute atomic E-state index is 11.8. The molecular formula is C14H10ClN3O2S. The van der Waals surface area contributed by atoms with Crippen LogP contribution in [0.1, 0.15) is 16.3 Å². The van der Waals surface area contributed by atoms with Crippen molar-refractivity contribution in [1.29, 1.82) is 0 Å². The summed E-state index contributed by atoms with van der Waals surface area (Å²) in [5.74, 6) is 0.189. The first kappa shape index (κ1) is 13.8. The van der Waals surface area contributed by atoms with Crippen LogP contribution < -0.4 is 5.56 Å². The van der Waals surface area contributed by atoms with Crippen LogP contribution in [0.5, 0.6) is 5.75 Å². The zero-order valence-corrected chi connectivity index (χ0v) is 12.5. The number of aromatic hydroxyl groups is 1. The van der Waals surface area contributed by atoms with E-state index in [2.05, 4.69) is 10.1 Å². The van der Waals surface area contributed by atoms with Crippen LogP contribution in [-0.4, -0.2) is 19.7 Å². The fraction of sp³-hybridized carbons (Fsp3) is 0.0714. The van der Waals surface area contributed by atoms with E-state index in [0.717, 1.165) is 5.56 Å². The number of phenolic OH excluding ortho intramolecular Hbond substituents is 1. The van der Waals surface area contributed by atoms with E-state index in [1.54, 1.807) is 37.3 Å². The molecule has 0 aliphatic rings. The average Bonchev–Trinajstić information content (AvgIpc) is 2.85. The molecule has 0 atom stereocenters. The summed E-state index contributed by atoms with van der Waals surface area (Å²) in [6.45, 7) is 1.76. The normalized spacial score (nSPS) is 12.0. The first-order valence-electron chi connectivity index (χ1n) is 6.07. The Labute approximate surface area is 128 Å². The van der Waals surface area contributed by atoms with Crippen molar-refractivity contribution < 1.29 is 5.11 Å². The molecule has 0 spiro atoms. The van der Waals surface area contributed by atoms with Crippen molar-refractivity contribution in [3.05, 3.63) is 57.0 Å². The molecule has 7 heteroatoms. The molecule has 5 nitrogen and oxygen atoms in total. The van der Waals surface area contributed by atoms with E-state index < -0.39 is 0 Å². The third kappa shape index (κ3) is 2.81. The smallest absolute Gasteiger partial charge is 0.275 e. The van der Waals surface area contributed by atoms with Crippen molar-refractivity contribution in [3.63, 3.8) is 0 Å². The van der Waals surface area contributed by atoms with Gasteiger partial charge in [0.15, 0.2) is 5.01 Å². The molecule has 0 radical (unpaired) electrons. The lowest BCUT2D eigenvalue weighted by atomic mass is 10.2. The Hall–Kier alpha value is -2.18. The second-order valence-corrected chi connectivity index (χ2v) is 5.78. The van der Waals surface area contributed by atoms with E-state index in [0.29, 0.717) is 20.7 Å². The number of halogens is 1. The largest absolute Gasteiger partial charge is 0.508 e. The summed E-state index contributed by atoms with van der Waals surface area (Å²) in [4.78, 5) is 16.6. The molecule has 0 aliphatic carbocycles. The minimum Gasteiger partial charge on any atom is -0.508 e. The summed E-state index contributed by atoms with van der Waals surface area (Å²) in [7, 11) is 0. The van der Waals surface area contributed by atoms with Gasteiger partial charge in [-0.25, -0.2) is 4.98 Å². The van der Waals surface area contributed by atoms with E-state index in [4.69, 9.17) is 11.6 Å². The van der Waals surface area contributed by atoms with Crippen molar-refractivity contribution in [2.24, 2.45) is 0 Å². The summed E-state index contributed by atoms with van der Waals surface area (Å²) >= 11 is 7.49. The van der Waals surface area contributed by atoms with Crippen LogP contribution in [0.4, 0.5) is 0 Å². The van der Waals surface area contributed by atoms with Gasteiger partial charge in [0, 0.05) is 11.8 Å². The highest BCUT2D eigenvalue weighted by molar-refractivity contribution is 7.18. The van der Waals surface area contributed by atoms with Gasteiger partial charge in [0.2, 0.25) is 4.96 Å². The highest BCUT2D eigenvalue weighted by Gasteiger charge is 2.10. The first-order chi connectivity index (χ1) is 10.0. The molecule has 2 aromatic heterocycles. The van der Waals surface area contributed by atoms with Gasteiger partial charge >= 0.3 is 0 Å². The highest BCUT2D eigenvalue weighted by Crippen LogP contribution is 2.26. The number of rotatable bonds is 2. The van der Waals surface area contributed by atoms with E-state index in [-0.39, 0.29) is 11.3 Å². The van der Waals surface area contributed by atoms with E-state index in [9.17, 15) is 9.90 Å². The number of benzene rings is 1. The Balaban J connectivity index is 2.05. The molecule has 3 rings (SSSR count). The molecule has 0 saturated carbocycles. The van der Waals surface area contributed by atoms with Gasteiger partial charge in [0.25, 0.3) is 5.56 Å². The van der Waals surface area contributed by atoms with Gasteiger partial charge in [0.05, 0.1) is 5.03 Å². The van der Waals surface area contributed by atoms with Crippen molar-refractivity contribution in [2.45, 2.75) is 6.92 Å². The lowest BCUT2D eigenvalue weighted by molar-refractivity contribution is 0.475. The molecule has 1 aromatic carbocycles. The maximum atomic E-state index is 11.8. The van der Waals surface area contributed by atoms with Gasteiger partial charge in [-0.05, 0) is 30.7 Å². The Morgan fingerprint density at radius 3 is 2.81 bits per heavy atom. The van der Waals surface area contributed by atoms with Crippen LogP contribution in [0.3, 0.4) is 0 Å². The predicted octanol–water partition coefficient (Wildman–Crippen LogP) is 2.90. The van der Waals surface area contributed by atoms with Crippen molar-refractivity contribution >= 4 is 39.0 Å². The van der Waals surface area contributed by atoms with Crippen LogP contribution in [0.25, 0.3) is 16.1 Å². The zero-order valence-electron chi connectivity index (χ0n) is 10.9. The van der Waals surface area contributed by atoms with Crippen LogP contribution in [-0.2, 0) is 0 Å². The molecule has 21 heavy (non-hydrogen) atoms. The standard InChI is InChI=1S/C14H10ClN3O2S/c1-8-6-12(20)18-14(16-8)21-13(17-18)11(15)7-9-2-4-10(19)5-3-9/h2-7,19H,1H3/b11-7-. The van der Waals surface area contributed by atoms with E-state index >= 15 is 0 Å². The summed E-state index contributed by atoms with van der Waals surface area (Å²) in [6.07, 6.45) is 1.72. The second kappa shape index (κ2) is 5.31. The van der Waals surface area contributed by atoms with Crippen LogP contribution in [0.2, 0.25) is 0 Å². The Kier molecular flexibility index (Phi) is 3.48. The highest BCUT2D eigenvalue weighted by atomic mass is 35.5. The van der Waals surface area contributed by atoms with E-state index in [1.165, 1.54) is 21.9 Å². The maximum Gasteiger partial charge on any atom is 0.275 e. The van der Waals surface area contributed by atoms with Crippen LogP contribution >= 0.6 is 22.9 Å². The SMILES string of the molecule is Cc1cc(=O)n2nc(/C(Cl)=C/c3ccc(O)cc3)sc2n1. The van der Waals surface area contributed by atoms with Gasteiger partial charge in [-0.1, -0.05) is 35.1 Å². The Bertz CT molecular complexity index is 897. The lowest BCUT2D eigenvalue weighted by Gasteiger charge is -1.95. The summed E-state index contributed by atoms with van der Waals surface area (Å²) in [5, 5.41) is 14.4. The Morgan fingerprint density at radius 2 is 2.10 bits per heavy atom. The summed E-state index contributed by atoms with van der Waals surface area (Å²) in [5.41, 5.74) is 1.25. The number of aryl methyl sites for hydroxylation is 1. The average molecular weight is 320 g/mol. The Morgan fingerprint density at radius 1 is 1.38 bits per heavy atom. The molecular weight excluding hydrogens is 310 g/mol. The number of phenols is 1. The van der Waals surface area contributed by atoms with Crippen LogP contribution in [0.15, 0.2) is 35.1 Å². The minimum atomic E-state index is -0.228. The number of aromatic nitrogens is 3. The van der Waals surface area contributed by atoms with Gasteiger partial charge < -0.3 is 5.11 Å². The zero-order chi connectivity index (χ0) is 15.0. The molecule has 106 valence electrons. The van der Waals surface area contributed by atoms with Gasteiger partial charge in [-0.2, -0.15) is 9.61 Å². The fourth-order valence-corrected chi connectivity index (χ4v) is 2.93. The summed E-state index contributed by atoms with van der Waals surface area (Å²) < 4.78 is 1.24. The molecule has 0 bridgehead atoms. The third-order valence-corrected chi connectivity index (χ3v) is 4.11. The van der Waals surface area contributed by atoms with Crippen molar-refractivity contribution in [3.8, 4) is 5.75 Å². The molecule has 0 amide bonds. The topological polar surface area (TPSA) is 67.5 Å². The van der Waals surface area contributed by atoms with E-state index in [1.807, 2.05) is 0 Å². The molecule has 0 unspecified atom stereocenters. The molecule has 0 aliphatic heterocycles. The molecule has 0 saturated heterocycles. The fourth-order valence-electron chi connectivity index (χ4n) is 1.80. The van der Waals surface area contributed by atoms with Gasteiger partial charge in [-0.15, -0.1) is 0 Å². The van der Waals surface area contributed by atoms with Crippen molar-refractivity contribution in [2.75, 3.05) is 0 Å². The second-order valence-electron chi connectivity index (χ2n) is 4.42. The lowest BCUT2D eigenvalue weighted by Crippen LogP contribution is -2.14. The van der Waals surface area contributed by atoms with Crippen LogP contribution in [0, 0.1) is 6.92 Å². The first-order valence-corrected chi connectivity index (χ1v) is 7.26. The summed E-state index contributed by atoms with van der Waals surface area (Å²) in [6, 6.07) is 8.04.